The Morgan fingerprint density at radius 1 is 0.520 bits per heavy atom. The van der Waals surface area contributed by atoms with Crippen LogP contribution >= 0.6 is 0 Å². The van der Waals surface area contributed by atoms with Gasteiger partial charge in [-0.05, 0) is 137 Å². The molecule has 4 bridgehead atoms. The van der Waals surface area contributed by atoms with Crippen LogP contribution in [0, 0.1) is 23.7 Å². The van der Waals surface area contributed by atoms with Gasteiger partial charge in [0, 0.05) is 16.2 Å². The summed E-state index contributed by atoms with van der Waals surface area (Å²) in [5, 5.41) is 2.37. The van der Waals surface area contributed by atoms with Gasteiger partial charge in [-0.3, -0.25) is 0 Å². The van der Waals surface area contributed by atoms with Gasteiger partial charge in [-0.25, -0.2) is 0 Å². The van der Waals surface area contributed by atoms with Crippen LogP contribution in [0.5, 0.6) is 0 Å². The third kappa shape index (κ3) is 3.70. The summed E-state index contributed by atoms with van der Waals surface area (Å²) in [6.45, 7) is 9.87. The Morgan fingerprint density at radius 3 is 1.90 bits per heavy atom. The molecule has 6 aromatic rings. The molecule has 4 fully saturated rings. The second kappa shape index (κ2) is 9.93. The van der Waals surface area contributed by atoms with Crippen LogP contribution in [0.15, 0.2) is 108 Å². The minimum absolute atomic E-state index is 0.0305. The van der Waals surface area contributed by atoms with Crippen LogP contribution in [0.2, 0.25) is 0 Å². The fraction of sp³-hybridized carbons (Fsp3) is 0.375. The molecule has 6 aliphatic rings. The number of rotatable bonds is 3. The highest BCUT2D eigenvalue weighted by Gasteiger charge is 2.62. The fourth-order valence-electron chi connectivity index (χ4n) is 12.6. The Morgan fingerprint density at radius 2 is 1.10 bits per heavy atom. The number of fused-ring (bicyclic) bond motifs is 7. The maximum atomic E-state index is 6.92. The number of nitrogens with zero attached hydrogens (tertiary/aromatic N) is 1. The van der Waals surface area contributed by atoms with Gasteiger partial charge in [-0.2, -0.15) is 0 Å². The van der Waals surface area contributed by atoms with E-state index >= 15 is 0 Å². The smallest absolute Gasteiger partial charge is 0.159 e. The maximum Gasteiger partial charge on any atom is 0.159 e. The van der Waals surface area contributed by atoms with Crippen molar-refractivity contribution in [3.63, 3.8) is 0 Å². The quantitative estimate of drug-likeness (QED) is 0.189. The number of hydrogen-bond acceptors (Lipinski definition) is 2. The van der Waals surface area contributed by atoms with Crippen molar-refractivity contribution >= 4 is 39.0 Å². The third-order valence-corrected chi connectivity index (χ3v) is 14.5. The molecule has 0 N–H and O–H groups in total. The van der Waals surface area contributed by atoms with Gasteiger partial charge in [0.1, 0.15) is 5.58 Å². The second-order valence-corrected chi connectivity index (χ2v) is 18.0. The topological polar surface area (TPSA) is 16.4 Å². The zero-order valence-corrected chi connectivity index (χ0v) is 29.9. The maximum absolute atomic E-state index is 6.92. The largest absolute Gasteiger partial charge is 0.454 e. The van der Waals surface area contributed by atoms with Gasteiger partial charge in [-0.1, -0.05) is 107 Å². The van der Waals surface area contributed by atoms with Crippen molar-refractivity contribution < 1.29 is 4.42 Å². The molecule has 4 saturated carbocycles. The summed E-state index contributed by atoms with van der Waals surface area (Å²) in [7, 11) is 0. The summed E-state index contributed by atoms with van der Waals surface area (Å²) in [4.78, 5) is 2.68. The summed E-state index contributed by atoms with van der Waals surface area (Å²) in [6, 6.07) is 39.4. The lowest BCUT2D eigenvalue weighted by Crippen LogP contribution is -2.55. The van der Waals surface area contributed by atoms with Crippen molar-refractivity contribution in [3.8, 4) is 11.1 Å². The first-order valence-electron chi connectivity index (χ1n) is 19.3. The van der Waals surface area contributed by atoms with Crippen LogP contribution in [-0.2, 0) is 16.2 Å². The highest BCUT2D eigenvalue weighted by molar-refractivity contribution is 6.10. The molecular formula is C48H47NO. The van der Waals surface area contributed by atoms with Crippen molar-refractivity contribution in [2.75, 3.05) is 4.90 Å². The molecule has 50 heavy (non-hydrogen) atoms. The average molecular weight is 654 g/mol. The molecule has 250 valence electrons. The van der Waals surface area contributed by atoms with Crippen LogP contribution < -0.4 is 4.90 Å². The molecule has 0 aliphatic heterocycles. The van der Waals surface area contributed by atoms with Crippen LogP contribution in [0.4, 0.5) is 17.1 Å². The summed E-state index contributed by atoms with van der Waals surface area (Å²) in [6.07, 6.45) is 9.31. The summed E-state index contributed by atoms with van der Waals surface area (Å²) in [5.74, 6) is 3.17. The normalized spacial score (nSPS) is 27.8. The number of benzene rings is 5. The van der Waals surface area contributed by atoms with E-state index in [4.69, 9.17) is 4.42 Å². The lowest BCUT2D eigenvalue weighted by molar-refractivity contribution is -0.0397. The molecule has 1 spiro atoms. The molecule has 0 unspecified atom stereocenters. The van der Waals surface area contributed by atoms with E-state index in [1.165, 1.54) is 89.3 Å². The van der Waals surface area contributed by atoms with E-state index in [2.05, 4.69) is 136 Å². The predicted octanol–water partition coefficient (Wildman–Crippen LogP) is 13.1. The van der Waals surface area contributed by atoms with Gasteiger partial charge in [0.05, 0.1) is 17.1 Å². The first kappa shape index (κ1) is 29.4. The van der Waals surface area contributed by atoms with Crippen LogP contribution in [0.3, 0.4) is 0 Å². The summed E-state index contributed by atoms with van der Waals surface area (Å²) < 4.78 is 6.92. The van der Waals surface area contributed by atoms with Gasteiger partial charge in [0.15, 0.2) is 5.58 Å². The number of hydrogen-bond donors (Lipinski definition) is 0. The number of anilines is 3. The number of furan rings is 1. The Balaban J connectivity index is 1.27. The lowest BCUT2D eigenvalue weighted by atomic mass is 9.43. The Kier molecular flexibility index (Phi) is 5.85. The van der Waals surface area contributed by atoms with Crippen molar-refractivity contribution in [2.24, 2.45) is 23.7 Å². The van der Waals surface area contributed by atoms with E-state index in [-0.39, 0.29) is 16.2 Å². The van der Waals surface area contributed by atoms with E-state index in [1.54, 1.807) is 11.1 Å². The number of para-hydroxylation sites is 2. The highest BCUT2D eigenvalue weighted by atomic mass is 16.3. The monoisotopic (exact) mass is 653 g/mol. The Bertz CT molecular complexity index is 2340. The van der Waals surface area contributed by atoms with Gasteiger partial charge < -0.3 is 9.32 Å². The molecule has 0 saturated heterocycles. The molecule has 2 nitrogen and oxygen atoms in total. The summed E-state index contributed by atoms with van der Waals surface area (Å²) >= 11 is 0. The molecule has 6 aliphatic carbocycles. The molecule has 1 aromatic heterocycles. The third-order valence-electron chi connectivity index (χ3n) is 14.5. The van der Waals surface area contributed by atoms with Crippen molar-refractivity contribution in [3.05, 3.63) is 125 Å². The molecule has 0 radical (unpaired) electrons. The Hall–Kier alpha value is -4.30. The fourth-order valence-corrected chi connectivity index (χ4v) is 12.6. The highest BCUT2D eigenvalue weighted by Crippen LogP contribution is 2.71. The minimum Gasteiger partial charge on any atom is -0.454 e. The van der Waals surface area contributed by atoms with E-state index in [0.29, 0.717) is 11.8 Å². The molecule has 5 aromatic carbocycles. The standard InChI is InChI=1S/C48H47NO/c1-46(2)22-23-47(3,4)44-38(46)17-11-19-40(44)49(41-20-10-15-36-34-13-6-8-21-42(34)50-45(36)41)39-18-9-14-35-33-12-5-7-16-37(33)48(43(35)39)31-25-29-24-30(27-31)28-32(48)26-29/h5-21,29-32H,22-28H2,1-4H3. The molecule has 0 amide bonds. The van der Waals surface area contributed by atoms with Gasteiger partial charge in [0.2, 0.25) is 0 Å². The van der Waals surface area contributed by atoms with E-state index < -0.39 is 0 Å². The first-order chi connectivity index (χ1) is 24.3. The zero-order valence-electron chi connectivity index (χ0n) is 29.9. The van der Waals surface area contributed by atoms with E-state index in [0.717, 1.165) is 28.7 Å². The van der Waals surface area contributed by atoms with Crippen molar-refractivity contribution in [1.29, 1.82) is 0 Å². The van der Waals surface area contributed by atoms with E-state index in [9.17, 15) is 0 Å². The zero-order chi connectivity index (χ0) is 33.6. The summed E-state index contributed by atoms with van der Waals surface area (Å²) in [5.41, 5.74) is 15.0. The molecule has 0 atom stereocenters. The van der Waals surface area contributed by atoms with Crippen molar-refractivity contribution in [2.45, 2.75) is 88.9 Å². The van der Waals surface area contributed by atoms with Crippen molar-refractivity contribution in [1.82, 2.24) is 0 Å². The van der Waals surface area contributed by atoms with Crippen LogP contribution in [0.25, 0.3) is 33.1 Å². The van der Waals surface area contributed by atoms with Gasteiger partial charge >= 0.3 is 0 Å². The molecular weight excluding hydrogens is 607 g/mol. The van der Waals surface area contributed by atoms with Gasteiger partial charge in [0.25, 0.3) is 0 Å². The van der Waals surface area contributed by atoms with Gasteiger partial charge in [-0.15, -0.1) is 0 Å². The first-order valence-corrected chi connectivity index (χ1v) is 19.3. The SMILES string of the molecule is CC1(C)CCC(C)(C)c2c(N(c3cccc4c3C3(c5ccccc5-4)C4CC5CC(C4)CC3C5)c3cccc4c3oc3ccccc34)cccc21. The molecule has 2 heteroatoms. The van der Waals surface area contributed by atoms with Crippen LogP contribution in [0.1, 0.15) is 94.9 Å². The van der Waals surface area contributed by atoms with Crippen LogP contribution in [-0.4, -0.2) is 0 Å². The second-order valence-electron chi connectivity index (χ2n) is 18.0. The average Bonchev–Trinajstić information content (AvgIpc) is 3.64. The Labute approximate surface area is 296 Å². The van der Waals surface area contributed by atoms with E-state index in [1.807, 2.05) is 0 Å². The molecule has 1 heterocycles. The lowest BCUT2D eigenvalue weighted by Gasteiger charge is -2.61. The minimum atomic E-state index is 0.0305. The molecule has 12 rings (SSSR count). The predicted molar refractivity (Wildman–Crippen MR) is 207 cm³/mol.